The third kappa shape index (κ3) is 2.42. The maximum Gasteiger partial charge on any atom is 0.131 e. The van der Waals surface area contributed by atoms with Gasteiger partial charge >= 0.3 is 0 Å². The lowest BCUT2D eigenvalue weighted by Crippen LogP contribution is -2.40. The topological polar surface area (TPSA) is 24.5 Å². The number of rotatable bonds is 4. The van der Waals surface area contributed by atoms with Crippen molar-refractivity contribution in [3.63, 3.8) is 0 Å². The van der Waals surface area contributed by atoms with Crippen LogP contribution in [0.1, 0.15) is 37.8 Å². The Morgan fingerprint density at radius 2 is 2.20 bits per heavy atom. The second-order valence-corrected chi connectivity index (χ2v) is 5.88. The fourth-order valence-electron chi connectivity index (χ4n) is 3.80. The Bertz CT molecular complexity index is 480. The monoisotopic (exact) mass is 278 g/mol. The highest BCUT2D eigenvalue weighted by Crippen LogP contribution is 2.32. The van der Waals surface area contributed by atoms with Gasteiger partial charge in [-0.25, -0.2) is 4.39 Å². The summed E-state index contributed by atoms with van der Waals surface area (Å²) in [7, 11) is 1.60. The highest BCUT2D eigenvalue weighted by Gasteiger charge is 2.37. The molecule has 2 saturated heterocycles. The van der Waals surface area contributed by atoms with Gasteiger partial charge in [0, 0.05) is 30.2 Å². The molecule has 0 amide bonds. The molecule has 3 unspecified atom stereocenters. The summed E-state index contributed by atoms with van der Waals surface area (Å²) in [6.45, 7) is 4.42. The Hall–Kier alpha value is -1.13. The number of benzene rings is 1. The summed E-state index contributed by atoms with van der Waals surface area (Å²) in [5, 5.41) is 3.62. The van der Waals surface area contributed by atoms with Gasteiger partial charge in [-0.1, -0.05) is 6.07 Å². The van der Waals surface area contributed by atoms with Crippen molar-refractivity contribution in [2.24, 2.45) is 0 Å². The van der Waals surface area contributed by atoms with Crippen LogP contribution in [-0.2, 0) is 0 Å². The normalized spacial score (nSPS) is 27.6. The molecule has 0 radical (unpaired) electrons. The molecule has 0 aromatic heterocycles. The van der Waals surface area contributed by atoms with E-state index in [-0.39, 0.29) is 11.9 Å². The number of ether oxygens (including phenoxy) is 1. The lowest BCUT2D eigenvalue weighted by molar-refractivity contribution is 0.288. The minimum atomic E-state index is -0.189. The van der Waals surface area contributed by atoms with Crippen LogP contribution in [0.5, 0.6) is 5.75 Å². The lowest BCUT2D eigenvalue weighted by atomic mass is 10.0. The Balaban J connectivity index is 1.75. The summed E-state index contributed by atoms with van der Waals surface area (Å²) in [6.07, 6.45) is 3.71. The first-order chi connectivity index (χ1) is 9.70. The summed E-state index contributed by atoms with van der Waals surface area (Å²) < 4.78 is 19.4. The second-order valence-electron chi connectivity index (χ2n) is 5.88. The Labute approximate surface area is 120 Å². The van der Waals surface area contributed by atoms with Crippen LogP contribution in [0.2, 0.25) is 0 Å². The number of hydrogen-bond donors (Lipinski definition) is 1. The van der Waals surface area contributed by atoms with Crippen molar-refractivity contribution in [3.05, 3.63) is 29.6 Å². The van der Waals surface area contributed by atoms with Crippen LogP contribution in [0.15, 0.2) is 18.2 Å². The molecule has 3 atom stereocenters. The molecular formula is C16H23FN2O. The summed E-state index contributed by atoms with van der Waals surface area (Å²) in [6, 6.07) is 6.10. The van der Waals surface area contributed by atoms with Gasteiger partial charge in [0.15, 0.2) is 0 Å². The van der Waals surface area contributed by atoms with Gasteiger partial charge in [-0.3, -0.25) is 4.90 Å². The first kappa shape index (κ1) is 13.8. The standard InChI is InChI=1S/C16H23FN2O/c1-11(16-12(17)5-3-7-15(16)20-2)18-13-8-10-19-9-4-6-14(13)19/h3,5,7,11,13-14,18H,4,6,8-10H2,1-2H3. The van der Waals surface area contributed by atoms with Gasteiger partial charge in [0.2, 0.25) is 0 Å². The van der Waals surface area contributed by atoms with Gasteiger partial charge in [0.05, 0.1) is 7.11 Å². The van der Waals surface area contributed by atoms with E-state index in [2.05, 4.69) is 10.2 Å². The van der Waals surface area contributed by atoms with E-state index in [1.807, 2.05) is 13.0 Å². The molecule has 2 fully saturated rings. The Morgan fingerprint density at radius 3 is 3.00 bits per heavy atom. The van der Waals surface area contributed by atoms with Crippen LogP contribution in [0, 0.1) is 5.82 Å². The molecule has 0 spiro atoms. The number of nitrogens with one attached hydrogen (secondary N) is 1. The molecule has 0 saturated carbocycles. The number of nitrogens with zero attached hydrogens (tertiary/aromatic N) is 1. The number of fused-ring (bicyclic) bond motifs is 1. The molecule has 4 heteroatoms. The number of hydrogen-bond acceptors (Lipinski definition) is 3. The van der Waals surface area contributed by atoms with Crippen molar-refractivity contribution in [3.8, 4) is 5.75 Å². The van der Waals surface area contributed by atoms with Gasteiger partial charge in [-0.15, -0.1) is 0 Å². The Morgan fingerprint density at radius 1 is 1.35 bits per heavy atom. The van der Waals surface area contributed by atoms with Crippen molar-refractivity contribution in [1.29, 1.82) is 0 Å². The van der Waals surface area contributed by atoms with Crippen LogP contribution in [0.3, 0.4) is 0 Å². The maximum atomic E-state index is 14.1. The fraction of sp³-hybridized carbons (Fsp3) is 0.625. The molecule has 20 heavy (non-hydrogen) atoms. The minimum Gasteiger partial charge on any atom is -0.496 e. The molecule has 2 aliphatic heterocycles. The van der Waals surface area contributed by atoms with Gasteiger partial charge in [0.1, 0.15) is 11.6 Å². The van der Waals surface area contributed by atoms with Gasteiger partial charge in [0.25, 0.3) is 0 Å². The summed E-state index contributed by atoms with van der Waals surface area (Å²) >= 11 is 0. The van der Waals surface area contributed by atoms with E-state index in [9.17, 15) is 4.39 Å². The van der Waals surface area contributed by atoms with Gasteiger partial charge in [-0.2, -0.15) is 0 Å². The third-order valence-electron chi connectivity index (χ3n) is 4.74. The molecule has 0 bridgehead atoms. The quantitative estimate of drug-likeness (QED) is 0.916. The molecule has 2 aliphatic rings. The SMILES string of the molecule is COc1cccc(F)c1C(C)NC1CCN2CCCC12. The van der Waals surface area contributed by atoms with Crippen molar-refractivity contribution in [2.75, 3.05) is 20.2 Å². The van der Waals surface area contributed by atoms with E-state index in [1.165, 1.54) is 32.0 Å². The van der Waals surface area contributed by atoms with Crippen LogP contribution < -0.4 is 10.1 Å². The Kier molecular flexibility index (Phi) is 3.94. The van der Waals surface area contributed by atoms with Crippen molar-refractivity contribution in [1.82, 2.24) is 10.2 Å². The predicted octanol–water partition coefficient (Wildman–Crippen LogP) is 2.72. The average molecular weight is 278 g/mol. The van der Waals surface area contributed by atoms with Crippen LogP contribution in [0.25, 0.3) is 0 Å². The van der Waals surface area contributed by atoms with Gasteiger partial charge in [-0.05, 0) is 44.9 Å². The highest BCUT2D eigenvalue weighted by atomic mass is 19.1. The van der Waals surface area contributed by atoms with Crippen molar-refractivity contribution in [2.45, 2.75) is 44.3 Å². The van der Waals surface area contributed by atoms with Crippen LogP contribution in [0.4, 0.5) is 4.39 Å². The van der Waals surface area contributed by atoms with Crippen molar-refractivity contribution < 1.29 is 9.13 Å². The minimum absolute atomic E-state index is 0.0308. The summed E-state index contributed by atoms with van der Waals surface area (Å²) in [5.74, 6) is 0.442. The van der Waals surface area contributed by atoms with E-state index >= 15 is 0 Å². The summed E-state index contributed by atoms with van der Waals surface area (Å²) in [5.41, 5.74) is 0.645. The van der Waals surface area contributed by atoms with E-state index in [0.29, 0.717) is 23.4 Å². The predicted molar refractivity (Wildman–Crippen MR) is 77.5 cm³/mol. The smallest absolute Gasteiger partial charge is 0.131 e. The molecule has 1 aromatic rings. The molecule has 3 rings (SSSR count). The largest absolute Gasteiger partial charge is 0.496 e. The van der Waals surface area contributed by atoms with E-state index in [4.69, 9.17) is 4.74 Å². The molecule has 3 nitrogen and oxygen atoms in total. The van der Waals surface area contributed by atoms with E-state index in [0.717, 1.165) is 6.42 Å². The molecule has 0 aliphatic carbocycles. The number of halogens is 1. The van der Waals surface area contributed by atoms with E-state index in [1.54, 1.807) is 13.2 Å². The van der Waals surface area contributed by atoms with E-state index < -0.39 is 0 Å². The highest BCUT2D eigenvalue weighted by molar-refractivity contribution is 5.37. The first-order valence-electron chi connectivity index (χ1n) is 7.53. The van der Waals surface area contributed by atoms with Crippen LogP contribution in [-0.4, -0.2) is 37.2 Å². The maximum absolute atomic E-state index is 14.1. The lowest BCUT2D eigenvalue weighted by Gasteiger charge is -2.26. The fourth-order valence-corrected chi connectivity index (χ4v) is 3.80. The molecule has 1 aromatic carbocycles. The average Bonchev–Trinajstić information content (AvgIpc) is 3.03. The third-order valence-corrected chi connectivity index (χ3v) is 4.74. The number of methoxy groups -OCH3 is 1. The van der Waals surface area contributed by atoms with Crippen molar-refractivity contribution >= 4 is 0 Å². The first-order valence-corrected chi connectivity index (χ1v) is 7.53. The zero-order valence-corrected chi connectivity index (χ0v) is 12.2. The van der Waals surface area contributed by atoms with Gasteiger partial charge < -0.3 is 10.1 Å². The van der Waals surface area contributed by atoms with Crippen LogP contribution >= 0.6 is 0 Å². The second kappa shape index (κ2) is 5.70. The summed E-state index contributed by atoms with van der Waals surface area (Å²) in [4.78, 5) is 2.56. The molecule has 110 valence electrons. The zero-order chi connectivity index (χ0) is 14.1. The molecular weight excluding hydrogens is 255 g/mol. The zero-order valence-electron chi connectivity index (χ0n) is 12.2. The molecule has 2 heterocycles. The molecule has 1 N–H and O–H groups in total.